The smallest absolute Gasteiger partial charge is 0.240 e. The van der Waals surface area contributed by atoms with Gasteiger partial charge >= 0.3 is 0 Å². The summed E-state index contributed by atoms with van der Waals surface area (Å²) in [5.74, 6) is 0.789. The molecule has 0 saturated heterocycles. The Labute approximate surface area is 127 Å². The van der Waals surface area contributed by atoms with Gasteiger partial charge in [-0.3, -0.25) is 9.69 Å². The van der Waals surface area contributed by atoms with Gasteiger partial charge in [0.15, 0.2) is 0 Å². The van der Waals surface area contributed by atoms with E-state index < -0.39 is 0 Å². The molecule has 1 aromatic rings. The van der Waals surface area contributed by atoms with Gasteiger partial charge in [0.25, 0.3) is 0 Å². The second-order valence-corrected chi connectivity index (χ2v) is 5.34. The number of benzene rings is 1. The first kappa shape index (κ1) is 17.0. The quantitative estimate of drug-likeness (QED) is 0.870. The Kier molecular flexibility index (Phi) is 6.46. The van der Waals surface area contributed by atoms with Gasteiger partial charge in [0.2, 0.25) is 5.91 Å². The molecular weight excluding hydrogens is 274 g/mol. The van der Waals surface area contributed by atoms with Crippen molar-refractivity contribution >= 4 is 24.0 Å². The number of nitrogens with two attached hydrogens (primary N) is 1. The van der Waals surface area contributed by atoms with E-state index in [1.54, 1.807) is 4.90 Å². The molecule has 0 aromatic heterocycles. The molecule has 4 nitrogen and oxygen atoms in total. The predicted octanol–water partition coefficient (Wildman–Crippen LogP) is 1.74. The number of hydrogen-bond acceptors (Lipinski definition) is 3. The van der Waals surface area contributed by atoms with Crippen molar-refractivity contribution < 1.29 is 4.79 Å². The number of anilines is 1. The zero-order valence-corrected chi connectivity index (χ0v) is 13.0. The standard InChI is InChI=1S/C15H23N3O.ClH/c1-17(14(10-16)12-8-9-12)11-15(19)18(2)13-6-4-3-5-7-13;/h3-7,12,14H,8-11,16H2,1-2H3;1H. The molecular formula is C15H24ClN3O. The van der Waals surface area contributed by atoms with Crippen molar-refractivity contribution in [1.29, 1.82) is 0 Å². The van der Waals surface area contributed by atoms with Crippen LogP contribution in [-0.4, -0.2) is 44.0 Å². The summed E-state index contributed by atoms with van der Waals surface area (Å²) in [7, 11) is 3.81. The van der Waals surface area contributed by atoms with Crippen LogP contribution in [0.5, 0.6) is 0 Å². The third-order valence-corrected chi connectivity index (χ3v) is 3.88. The van der Waals surface area contributed by atoms with Crippen LogP contribution in [0.4, 0.5) is 5.69 Å². The van der Waals surface area contributed by atoms with Crippen LogP contribution in [0, 0.1) is 5.92 Å². The van der Waals surface area contributed by atoms with Gasteiger partial charge in [-0.25, -0.2) is 0 Å². The number of amides is 1. The lowest BCUT2D eigenvalue weighted by Gasteiger charge is -2.28. The van der Waals surface area contributed by atoms with Crippen LogP contribution in [0.3, 0.4) is 0 Å². The van der Waals surface area contributed by atoms with Crippen LogP contribution in [0.15, 0.2) is 30.3 Å². The van der Waals surface area contributed by atoms with Crippen molar-refractivity contribution in [2.75, 3.05) is 32.1 Å². The molecule has 1 saturated carbocycles. The van der Waals surface area contributed by atoms with Gasteiger partial charge in [-0.2, -0.15) is 0 Å². The zero-order valence-electron chi connectivity index (χ0n) is 12.2. The zero-order chi connectivity index (χ0) is 13.8. The van der Waals surface area contributed by atoms with Gasteiger partial charge in [0.05, 0.1) is 6.54 Å². The highest BCUT2D eigenvalue weighted by atomic mass is 35.5. The van der Waals surface area contributed by atoms with E-state index in [4.69, 9.17) is 5.73 Å². The fourth-order valence-corrected chi connectivity index (χ4v) is 2.45. The van der Waals surface area contributed by atoms with Crippen LogP contribution >= 0.6 is 12.4 Å². The summed E-state index contributed by atoms with van der Waals surface area (Å²) in [4.78, 5) is 16.1. The fourth-order valence-electron chi connectivity index (χ4n) is 2.45. The molecule has 1 unspecified atom stereocenters. The summed E-state index contributed by atoms with van der Waals surface area (Å²) in [5.41, 5.74) is 6.74. The number of carbonyl (C=O) groups is 1. The number of carbonyl (C=O) groups excluding carboxylic acids is 1. The second kappa shape index (κ2) is 7.62. The normalized spacial score (nSPS) is 15.6. The Balaban J connectivity index is 0.00000200. The van der Waals surface area contributed by atoms with E-state index in [1.165, 1.54) is 12.8 Å². The van der Waals surface area contributed by atoms with Gasteiger partial charge in [-0.05, 0) is 37.9 Å². The molecule has 0 aliphatic heterocycles. The minimum absolute atomic E-state index is 0. The molecule has 5 heteroatoms. The van der Waals surface area contributed by atoms with Crippen molar-refractivity contribution in [1.82, 2.24) is 4.90 Å². The second-order valence-electron chi connectivity index (χ2n) is 5.34. The summed E-state index contributed by atoms with van der Waals surface area (Å²) in [6, 6.07) is 10.1. The van der Waals surface area contributed by atoms with Crippen LogP contribution < -0.4 is 10.6 Å². The van der Waals surface area contributed by atoms with Gasteiger partial charge in [-0.15, -0.1) is 12.4 Å². The molecule has 2 rings (SSSR count). The van der Waals surface area contributed by atoms with Crippen LogP contribution in [-0.2, 0) is 4.79 Å². The van der Waals surface area contributed by atoms with Crippen molar-refractivity contribution in [2.45, 2.75) is 18.9 Å². The molecule has 20 heavy (non-hydrogen) atoms. The molecule has 0 spiro atoms. The number of nitrogens with zero attached hydrogens (tertiary/aromatic N) is 2. The Bertz CT molecular complexity index is 422. The first-order valence-electron chi connectivity index (χ1n) is 6.85. The molecule has 1 aliphatic carbocycles. The average Bonchev–Trinajstić information content (AvgIpc) is 3.24. The molecule has 1 aromatic carbocycles. The molecule has 1 atom stereocenters. The van der Waals surface area contributed by atoms with E-state index in [0.717, 1.165) is 5.69 Å². The van der Waals surface area contributed by atoms with Crippen LogP contribution in [0.1, 0.15) is 12.8 Å². The van der Waals surface area contributed by atoms with Gasteiger partial charge in [0.1, 0.15) is 0 Å². The predicted molar refractivity (Wildman–Crippen MR) is 85.3 cm³/mol. The molecule has 1 aliphatic rings. The van der Waals surface area contributed by atoms with Crippen LogP contribution in [0.25, 0.3) is 0 Å². The first-order valence-corrected chi connectivity index (χ1v) is 6.85. The summed E-state index contributed by atoms with van der Waals surface area (Å²) < 4.78 is 0. The number of halogens is 1. The lowest BCUT2D eigenvalue weighted by molar-refractivity contribution is -0.119. The van der Waals surface area contributed by atoms with Gasteiger partial charge in [0, 0.05) is 25.3 Å². The minimum atomic E-state index is 0. The van der Waals surface area contributed by atoms with Gasteiger partial charge < -0.3 is 10.6 Å². The van der Waals surface area contributed by atoms with Crippen molar-refractivity contribution in [3.8, 4) is 0 Å². The van der Waals surface area contributed by atoms with E-state index in [1.807, 2.05) is 44.4 Å². The molecule has 0 heterocycles. The molecule has 1 amide bonds. The van der Waals surface area contributed by atoms with E-state index in [-0.39, 0.29) is 18.3 Å². The average molecular weight is 298 g/mol. The lowest BCUT2D eigenvalue weighted by Crippen LogP contribution is -2.45. The van der Waals surface area contributed by atoms with Crippen molar-refractivity contribution in [3.63, 3.8) is 0 Å². The molecule has 1 fully saturated rings. The first-order chi connectivity index (χ1) is 9.13. The largest absolute Gasteiger partial charge is 0.329 e. The Morgan fingerprint density at radius 2 is 1.90 bits per heavy atom. The van der Waals surface area contributed by atoms with Gasteiger partial charge in [-0.1, -0.05) is 18.2 Å². The number of rotatable bonds is 6. The molecule has 112 valence electrons. The van der Waals surface area contributed by atoms with E-state index >= 15 is 0 Å². The number of likely N-dealkylation sites (N-methyl/N-ethyl adjacent to an activating group) is 2. The van der Waals surface area contributed by atoms with Crippen molar-refractivity contribution in [3.05, 3.63) is 30.3 Å². The SMILES string of the molecule is CN(C(=O)CN(C)C(CN)C1CC1)c1ccccc1.Cl. The maximum atomic E-state index is 12.3. The molecule has 0 bridgehead atoms. The molecule has 0 radical (unpaired) electrons. The van der Waals surface area contributed by atoms with Crippen molar-refractivity contribution in [2.24, 2.45) is 11.7 Å². The summed E-state index contributed by atoms with van der Waals surface area (Å²) in [5, 5.41) is 0. The Morgan fingerprint density at radius 3 is 2.40 bits per heavy atom. The Morgan fingerprint density at radius 1 is 1.30 bits per heavy atom. The highest BCUT2D eigenvalue weighted by molar-refractivity contribution is 5.94. The maximum Gasteiger partial charge on any atom is 0.240 e. The topological polar surface area (TPSA) is 49.6 Å². The third-order valence-electron chi connectivity index (χ3n) is 3.88. The monoisotopic (exact) mass is 297 g/mol. The Hall–Kier alpha value is -1.10. The highest BCUT2D eigenvalue weighted by Crippen LogP contribution is 2.34. The highest BCUT2D eigenvalue weighted by Gasteiger charge is 2.33. The third kappa shape index (κ3) is 4.20. The lowest BCUT2D eigenvalue weighted by atomic mass is 10.1. The number of para-hydroxylation sites is 1. The minimum Gasteiger partial charge on any atom is -0.329 e. The number of hydrogen-bond donors (Lipinski definition) is 1. The molecule has 2 N–H and O–H groups in total. The van der Waals surface area contributed by atoms with E-state index in [9.17, 15) is 4.79 Å². The fraction of sp³-hybridized carbons (Fsp3) is 0.533. The summed E-state index contributed by atoms with van der Waals surface area (Å²) in [6.07, 6.45) is 2.49. The summed E-state index contributed by atoms with van der Waals surface area (Å²) >= 11 is 0. The van der Waals surface area contributed by atoms with Crippen LogP contribution in [0.2, 0.25) is 0 Å². The maximum absolute atomic E-state index is 12.3. The van der Waals surface area contributed by atoms with E-state index in [0.29, 0.717) is 25.0 Å². The van der Waals surface area contributed by atoms with E-state index in [2.05, 4.69) is 4.90 Å². The summed E-state index contributed by atoms with van der Waals surface area (Å²) in [6.45, 7) is 1.05.